The van der Waals surface area contributed by atoms with E-state index in [2.05, 4.69) is 33.2 Å². The molecule has 0 spiro atoms. The molecule has 0 amide bonds. The van der Waals surface area contributed by atoms with Gasteiger partial charge < -0.3 is 5.32 Å². The molecule has 1 aromatic carbocycles. The number of pyridine rings is 1. The smallest absolute Gasteiger partial charge is 0.166 e. The second kappa shape index (κ2) is 5.96. The van der Waals surface area contributed by atoms with Gasteiger partial charge in [-0.15, -0.1) is 0 Å². The lowest BCUT2D eigenvalue weighted by atomic mass is 10.1. The van der Waals surface area contributed by atoms with Gasteiger partial charge in [-0.25, -0.2) is 9.37 Å². The zero-order chi connectivity index (χ0) is 13.0. The minimum atomic E-state index is -0.373. The fourth-order valence-corrected chi connectivity index (χ4v) is 1.99. The number of hydrogen-bond donors (Lipinski definition) is 1. The maximum absolute atomic E-state index is 13.6. The SMILES string of the molecule is CCCc1ccc(Nc2ncc(Br)cc2F)cc1. The van der Waals surface area contributed by atoms with Gasteiger partial charge in [-0.2, -0.15) is 0 Å². The Morgan fingerprint density at radius 3 is 2.61 bits per heavy atom. The average molecular weight is 309 g/mol. The summed E-state index contributed by atoms with van der Waals surface area (Å²) in [4.78, 5) is 4.00. The van der Waals surface area contributed by atoms with Gasteiger partial charge in [0, 0.05) is 16.4 Å². The van der Waals surface area contributed by atoms with Crippen LogP contribution in [0.5, 0.6) is 0 Å². The van der Waals surface area contributed by atoms with E-state index < -0.39 is 0 Å². The molecule has 0 aliphatic rings. The van der Waals surface area contributed by atoms with Gasteiger partial charge in [0.25, 0.3) is 0 Å². The molecular weight excluding hydrogens is 295 g/mol. The molecule has 0 aliphatic carbocycles. The molecule has 0 bridgehead atoms. The summed E-state index contributed by atoms with van der Waals surface area (Å²) < 4.78 is 14.2. The van der Waals surface area contributed by atoms with Gasteiger partial charge in [-0.1, -0.05) is 25.5 Å². The number of nitrogens with zero attached hydrogens (tertiary/aromatic N) is 1. The highest BCUT2D eigenvalue weighted by atomic mass is 79.9. The lowest BCUT2D eigenvalue weighted by molar-refractivity contribution is 0.625. The quantitative estimate of drug-likeness (QED) is 0.887. The molecule has 94 valence electrons. The Hall–Kier alpha value is -1.42. The molecule has 0 fully saturated rings. The summed E-state index contributed by atoms with van der Waals surface area (Å²) in [6.07, 6.45) is 3.75. The van der Waals surface area contributed by atoms with Crippen molar-refractivity contribution in [2.24, 2.45) is 0 Å². The zero-order valence-electron chi connectivity index (χ0n) is 10.1. The first-order valence-corrected chi connectivity index (χ1v) is 6.65. The third-order valence-corrected chi connectivity index (χ3v) is 3.00. The summed E-state index contributed by atoms with van der Waals surface area (Å²) in [6, 6.07) is 9.36. The predicted octanol–water partition coefficient (Wildman–Crippen LogP) is 4.68. The van der Waals surface area contributed by atoms with E-state index in [0.29, 0.717) is 4.47 Å². The first-order chi connectivity index (χ1) is 8.69. The lowest BCUT2D eigenvalue weighted by Crippen LogP contribution is -1.97. The van der Waals surface area contributed by atoms with Crippen molar-refractivity contribution in [2.75, 3.05) is 5.32 Å². The summed E-state index contributed by atoms with van der Waals surface area (Å²) >= 11 is 3.18. The van der Waals surface area contributed by atoms with Crippen LogP contribution in [0, 0.1) is 5.82 Å². The average Bonchev–Trinajstić information content (AvgIpc) is 2.35. The number of aromatic nitrogens is 1. The van der Waals surface area contributed by atoms with Crippen LogP contribution >= 0.6 is 15.9 Å². The Morgan fingerprint density at radius 1 is 1.28 bits per heavy atom. The van der Waals surface area contributed by atoms with Gasteiger partial charge in [0.15, 0.2) is 11.6 Å². The number of nitrogens with one attached hydrogen (secondary N) is 1. The van der Waals surface area contributed by atoms with E-state index in [0.717, 1.165) is 18.5 Å². The Labute approximate surface area is 114 Å². The van der Waals surface area contributed by atoms with E-state index in [4.69, 9.17) is 0 Å². The van der Waals surface area contributed by atoms with Gasteiger partial charge in [-0.3, -0.25) is 0 Å². The van der Waals surface area contributed by atoms with E-state index in [1.807, 2.05) is 24.3 Å². The molecule has 18 heavy (non-hydrogen) atoms. The lowest BCUT2D eigenvalue weighted by Gasteiger charge is -2.07. The predicted molar refractivity (Wildman–Crippen MR) is 75.6 cm³/mol. The molecule has 1 heterocycles. The van der Waals surface area contributed by atoms with Crippen LogP contribution in [0.2, 0.25) is 0 Å². The number of benzene rings is 1. The van der Waals surface area contributed by atoms with Gasteiger partial charge in [0.2, 0.25) is 0 Å². The molecule has 0 saturated carbocycles. The largest absolute Gasteiger partial charge is 0.338 e. The Balaban J connectivity index is 2.13. The fraction of sp³-hybridized carbons (Fsp3) is 0.214. The highest BCUT2D eigenvalue weighted by Crippen LogP contribution is 2.20. The van der Waals surface area contributed by atoms with Crippen molar-refractivity contribution in [3.8, 4) is 0 Å². The molecule has 0 saturated heterocycles. The molecule has 4 heteroatoms. The van der Waals surface area contributed by atoms with Gasteiger partial charge in [0.1, 0.15) is 0 Å². The van der Waals surface area contributed by atoms with E-state index in [1.165, 1.54) is 11.6 Å². The second-order valence-electron chi connectivity index (χ2n) is 4.06. The monoisotopic (exact) mass is 308 g/mol. The third-order valence-electron chi connectivity index (χ3n) is 2.56. The standard InChI is InChI=1S/C14H14BrFN2/c1-2-3-10-4-6-12(7-5-10)18-14-13(16)8-11(15)9-17-14/h4-9H,2-3H2,1H3,(H,17,18). The zero-order valence-corrected chi connectivity index (χ0v) is 11.7. The van der Waals surface area contributed by atoms with E-state index >= 15 is 0 Å². The van der Waals surface area contributed by atoms with Crippen LogP contribution in [0.3, 0.4) is 0 Å². The third kappa shape index (κ3) is 3.29. The van der Waals surface area contributed by atoms with Crippen molar-refractivity contribution in [2.45, 2.75) is 19.8 Å². The number of aryl methyl sites for hydroxylation is 1. The minimum Gasteiger partial charge on any atom is -0.338 e. The minimum absolute atomic E-state index is 0.237. The maximum atomic E-state index is 13.6. The van der Waals surface area contributed by atoms with Crippen LogP contribution < -0.4 is 5.32 Å². The Kier molecular flexibility index (Phi) is 4.31. The van der Waals surface area contributed by atoms with Crippen molar-refractivity contribution in [3.05, 3.63) is 52.4 Å². The number of rotatable bonds is 4. The molecule has 2 aromatic rings. The fourth-order valence-electron chi connectivity index (χ4n) is 1.69. The number of anilines is 2. The Morgan fingerprint density at radius 2 is 2.00 bits per heavy atom. The summed E-state index contributed by atoms with van der Waals surface area (Å²) in [6.45, 7) is 2.15. The van der Waals surface area contributed by atoms with Crippen LogP contribution in [-0.2, 0) is 6.42 Å². The van der Waals surface area contributed by atoms with Gasteiger partial charge in [-0.05, 0) is 46.1 Å². The van der Waals surface area contributed by atoms with Crippen molar-refractivity contribution in [1.82, 2.24) is 4.98 Å². The molecule has 0 unspecified atom stereocenters. The topological polar surface area (TPSA) is 24.9 Å². The molecule has 2 nitrogen and oxygen atoms in total. The maximum Gasteiger partial charge on any atom is 0.166 e. The summed E-state index contributed by atoms with van der Waals surface area (Å²) in [5.74, 6) is -0.136. The molecule has 1 N–H and O–H groups in total. The molecule has 0 aliphatic heterocycles. The summed E-state index contributed by atoms with van der Waals surface area (Å²) in [7, 11) is 0. The van der Waals surface area contributed by atoms with Crippen molar-refractivity contribution in [1.29, 1.82) is 0 Å². The molecule has 0 radical (unpaired) electrons. The first-order valence-electron chi connectivity index (χ1n) is 5.86. The van der Waals surface area contributed by atoms with Gasteiger partial charge in [0.05, 0.1) is 0 Å². The summed E-state index contributed by atoms with van der Waals surface area (Å²) in [5, 5.41) is 2.96. The van der Waals surface area contributed by atoms with E-state index in [9.17, 15) is 4.39 Å². The van der Waals surface area contributed by atoms with Crippen molar-refractivity contribution in [3.63, 3.8) is 0 Å². The van der Waals surface area contributed by atoms with Gasteiger partial charge >= 0.3 is 0 Å². The molecular formula is C14H14BrFN2. The van der Waals surface area contributed by atoms with Crippen molar-refractivity contribution >= 4 is 27.4 Å². The highest BCUT2D eigenvalue weighted by Gasteiger charge is 2.04. The normalized spacial score (nSPS) is 10.4. The molecule has 1 aromatic heterocycles. The van der Waals surface area contributed by atoms with Crippen LogP contribution in [0.1, 0.15) is 18.9 Å². The van der Waals surface area contributed by atoms with Crippen molar-refractivity contribution < 1.29 is 4.39 Å². The number of halogens is 2. The van der Waals surface area contributed by atoms with Crippen LogP contribution in [0.15, 0.2) is 41.0 Å². The summed E-state index contributed by atoms with van der Waals surface area (Å²) in [5.41, 5.74) is 2.12. The first kappa shape index (κ1) is 13.0. The molecule has 2 rings (SSSR count). The Bertz CT molecular complexity index is 526. The van der Waals surface area contributed by atoms with Crippen LogP contribution in [0.4, 0.5) is 15.9 Å². The van der Waals surface area contributed by atoms with Crippen LogP contribution in [0.25, 0.3) is 0 Å². The number of hydrogen-bond acceptors (Lipinski definition) is 2. The van der Waals surface area contributed by atoms with Crippen LogP contribution in [-0.4, -0.2) is 4.98 Å². The van der Waals surface area contributed by atoms with E-state index in [1.54, 1.807) is 6.20 Å². The second-order valence-corrected chi connectivity index (χ2v) is 4.97. The van der Waals surface area contributed by atoms with E-state index in [-0.39, 0.29) is 11.6 Å². The molecule has 0 atom stereocenters. The highest BCUT2D eigenvalue weighted by molar-refractivity contribution is 9.10.